The third-order valence-electron chi connectivity index (χ3n) is 3.51. The van der Waals surface area contributed by atoms with Crippen LogP contribution in [0.25, 0.3) is 0 Å². The van der Waals surface area contributed by atoms with Gasteiger partial charge in [-0.1, -0.05) is 12.1 Å². The van der Waals surface area contributed by atoms with Gasteiger partial charge in [0, 0.05) is 12.2 Å². The zero-order chi connectivity index (χ0) is 15.5. The van der Waals surface area contributed by atoms with Crippen LogP contribution in [0.2, 0.25) is 0 Å². The van der Waals surface area contributed by atoms with E-state index in [2.05, 4.69) is 10.0 Å². The van der Waals surface area contributed by atoms with Gasteiger partial charge in [0.1, 0.15) is 9.84 Å². The Morgan fingerprint density at radius 3 is 2.52 bits per heavy atom. The van der Waals surface area contributed by atoms with E-state index in [1.165, 1.54) is 0 Å². The van der Waals surface area contributed by atoms with Gasteiger partial charge in [-0.3, -0.25) is 4.72 Å². The SMILES string of the molecule is CNCc1cccc(NS(=O)(=O)C2CCS(=O)(=O)CC2)c1. The molecule has 0 spiro atoms. The van der Waals surface area contributed by atoms with Crippen molar-refractivity contribution in [3.05, 3.63) is 29.8 Å². The van der Waals surface area contributed by atoms with Gasteiger partial charge in [-0.15, -0.1) is 0 Å². The summed E-state index contributed by atoms with van der Waals surface area (Å²) in [5, 5.41) is 2.36. The highest BCUT2D eigenvalue weighted by Gasteiger charge is 2.32. The number of sulfone groups is 1. The zero-order valence-electron chi connectivity index (χ0n) is 11.9. The molecule has 0 amide bonds. The highest BCUT2D eigenvalue weighted by Crippen LogP contribution is 2.22. The molecule has 0 bridgehead atoms. The Bertz CT molecular complexity index is 685. The van der Waals surface area contributed by atoms with E-state index in [4.69, 9.17) is 0 Å². The van der Waals surface area contributed by atoms with Crippen LogP contribution in [0.5, 0.6) is 0 Å². The first kappa shape index (κ1) is 16.3. The van der Waals surface area contributed by atoms with E-state index >= 15 is 0 Å². The minimum atomic E-state index is -3.55. The van der Waals surface area contributed by atoms with Crippen LogP contribution >= 0.6 is 0 Å². The summed E-state index contributed by atoms with van der Waals surface area (Å²) >= 11 is 0. The van der Waals surface area contributed by atoms with Crippen molar-refractivity contribution in [1.82, 2.24) is 5.32 Å². The first-order valence-electron chi connectivity index (χ1n) is 6.78. The molecule has 1 aromatic rings. The number of benzene rings is 1. The molecule has 1 saturated heterocycles. The molecule has 0 aliphatic carbocycles. The summed E-state index contributed by atoms with van der Waals surface area (Å²) in [5.74, 6) is -0.114. The predicted octanol–water partition coefficient (Wildman–Crippen LogP) is 0.725. The fourth-order valence-corrected chi connectivity index (χ4v) is 5.64. The van der Waals surface area contributed by atoms with E-state index in [0.29, 0.717) is 12.2 Å². The molecule has 1 aromatic carbocycles. The topological polar surface area (TPSA) is 92.3 Å². The third kappa shape index (κ3) is 4.42. The fourth-order valence-electron chi connectivity index (χ4n) is 2.38. The molecule has 1 aliphatic heterocycles. The molecule has 0 saturated carbocycles. The molecular formula is C13H20N2O4S2. The van der Waals surface area contributed by atoms with Crippen LogP contribution in [0.15, 0.2) is 24.3 Å². The Balaban J connectivity index is 2.09. The van der Waals surface area contributed by atoms with Crippen molar-refractivity contribution in [3.63, 3.8) is 0 Å². The zero-order valence-corrected chi connectivity index (χ0v) is 13.5. The quantitative estimate of drug-likeness (QED) is 0.829. The van der Waals surface area contributed by atoms with E-state index in [-0.39, 0.29) is 24.3 Å². The van der Waals surface area contributed by atoms with Gasteiger partial charge in [0.25, 0.3) is 0 Å². The minimum Gasteiger partial charge on any atom is -0.316 e. The van der Waals surface area contributed by atoms with Gasteiger partial charge in [-0.25, -0.2) is 16.8 Å². The van der Waals surface area contributed by atoms with Crippen LogP contribution in [0.1, 0.15) is 18.4 Å². The van der Waals surface area contributed by atoms with Crippen LogP contribution in [-0.2, 0) is 26.4 Å². The molecule has 6 nitrogen and oxygen atoms in total. The molecule has 2 N–H and O–H groups in total. The summed E-state index contributed by atoms with van der Waals surface area (Å²) < 4.78 is 49.9. The molecule has 1 fully saturated rings. The summed E-state index contributed by atoms with van der Waals surface area (Å²) in [6.45, 7) is 0.650. The van der Waals surface area contributed by atoms with Crippen LogP contribution in [0.3, 0.4) is 0 Å². The number of hydrogen-bond donors (Lipinski definition) is 2. The summed E-state index contributed by atoms with van der Waals surface area (Å²) in [4.78, 5) is 0. The van der Waals surface area contributed by atoms with E-state index in [0.717, 1.165) is 5.56 Å². The third-order valence-corrected chi connectivity index (χ3v) is 7.09. The van der Waals surface area contributed by atoms with Gasteiger partial charge in [0.2, 0.25) is 10.0 Å². The standard InChI is InChI=1S/C13H20N2O4S2/c1-14-10-11-3-2-4-12(9-11)15-21(18,19)13-5-7-20(16,17)8-6-13/h2-4,9,13-15H,5-8,10H2,1H3. The number of sulfonamides is 1. The van der Waals surface area contributed by atoms with Gasteiger partial charge in [-0.05, 0) is 37.6 Å². The second kappa shape index (κ2) is 6.33. The maximum atomic E-state index is 12.3. The van der Waals surface area contributed by atoms with Gasteiger partial charge >= 0.3 is 0 Å². The fraction of sp³-hybridized carbons (Fsp3) is 0.538. The summed E-state index contributed by atoms with van der Waals surface area (Å²) in [7, 11) is -4.80. The Hall–Kier alpha value is -1.12. The smallest absolute Gasteiger partial charge is 0.235 e. The minimum absolute atomic E-state index is 0.0572. The van der Waals surface area contributed by atoms with Gasteiger partial charge in [0.15, 0.2) is 0 Å². The van der Waals surface area contributed by atoms with Crippen molar-refractivity contribution < 1.29 is 16.8 Å². The molecule has 0 radical (unpaired) electrons. The molecule has 2 rings (SSSR count). The molecule has 8 heteroatoms. The molecule has 118 valence electrons. The van der Waals surface area contributed by atoms with Crippen LogP contribution in [0, 0.1) is 0 Å². The van der Waals surface area contributed by atoms with E-state index in [1.54, 1.807) is 18.2 Å². The molecule has 0 atom stereocenters. The van der Waals surface area contributed by atoms with Crippen molar-refractivity contribution >= 4 is 25.5 Å². The predicted molar refractivity (Wildman–Crippen MR) is 83.4 cm³/mol. The van der Waals surface area contributed by atoms with Crippen molar-refractivity contribution in [3.8, 4) is 0 Å². The summed E-state index contributed by atoms with van der Waals surface area (Å²) in [5.41, 5.74) is 1.49. The van der Waals surface area contributed by atoms with Gasteiger partial charge < -0.3 is 5.32 Å². The lowest BCUT2D eigenvalue weighted by Gasteiger charge is -2.22. The van der Waals surface area contributed by atoms with Crippen LogP contribution < -0.4 is 10.0 Å². The molecule has 0 unspecified atom stereocenters. The number of hydrogen-bond acceptors (Lipinski definition) is 5. The lowest BCUT2D eigenvalue weighted by Crippen LogP contribution is -2.36. The highest BCUT2D eigenvalue weighted by molar-refractivity contribution is 7.94. The van der Waals surface area contributed by atoms with E-state index in [9.17, 15) is 16.8 Å². The monoisotopic (exact) mass is 332 g/mol. The lowest BCUT2D eigenvalue weighted by molar-refractivity contribution is 0.555. The lowest BCUT2D eigenvalue weighted by atomic mass is 10.2. The van der Waals surface area contributed by atoms with Gasteiger partial charge in [0.05, 0.1) is 16.8 Å². The van der Waals surface area contributed by atoms with Crippen LogP contribution in [-0.4, -0.2) is 40.6 Å². The number of nitrogens with one attached hydrogen (secondary N) is 2. The van der Waals surface area contributed by atoms with Crippen molar-refractivity contribution in [2.75, 3.05) is 23.3 Å². The highest BCUT2D eigenvalue weighted by atomic mass is 32.2. The largest absolute Gasteiger partial charge is 0.316 e. The Kier molecular flexibility index (Phi) is 4.90. The second-order valence-corrected chi connectivity index (χ2v) is 9.49. The van der Waals surface area contributed by atoms with E-state index < -0.39 is 25.1 Å². The van der Waals surface area contributed by atoms with Crippen LogP contribution in [0.4, 0.5) is 5.69 Å². The van der Waals surface area contributed by atoms with Crippen molar-refractivity contribution in [1.29, 1.82) is 0 Å². The summed E-state index contributed by atoms with van der Waals surface area (Å²) in [6.07, 6.45) is 0.321. The molecule has 21 heavy (non-hydrogen) atoms. The first-order valence-corrected chi connectivity index (χ1v) is 10.1. The average molecular weight is 332 g/mol. The normalized spacial score (nSPS) is 19.3. The number of rotatable bonds is 5. The van der Waals surface area contributed by atoms with Crippen molar-refractivity contribution in [2.24, 2.45) is 0 Å². The maximum Gasteiger partial charge on any atom is 0.235 e. The van der Waals surface area contributed by atoms with Gasteiger partial charge in [-0.2, -0.15) is 0 Å². The molecule has 1 aliphatic rings. The summed E-state index contributed by atoms with van der Waals surface area (Å²) in [6, 6.07) is 7.15. The average Bonchev–Trinajstić information content (AvgIpc) is 2.38. The molecule has 0 aromatic heterocycles. The first-order chi connectivity index (χ1) is 9.82. The van der Waals surface area contributed by atoms with E-state index in [1.807, 2.05) is 13.1 Å². The Morgan fingerprint density at radius 2 is 1.90 bits per heavy atom. The van der Waals surface area contributed by atoms with Crippen molar-refractivity contribution in [2.45, 2.75) is 24.6 Å². The molecular weight excluding hydrogens is 312 g/mol. The second-order valence-electron chi connectivity index (χ2n) is 5.23. The molecule has 1 heterocycles. The Morgan fingerprint density at radius 1 is 1.24 bits per heavy atom. The Labute approximate surface area is 125 Å². The number of anilines is 1. The maximum absolute atomic E-state index is 12.3.